The molecule has 0 N–H and O–H groups in total. The van der Waals surface area contributed by atoms with E-state index in [1.165, 1.54) is 9.13 Å². The van der Waals surface area contributed by atoms with E-state index in [1.54, 1.807) is 0 Å². The molecule has 0 spiro atoms. The van der Waals surface area contributed by atoms with Gasteiger partial charge in [0.2, 0.25) is 0 Å². The summed E-state index contributed by atoms with van der Waals surface area (Å²) in [6, 6.07) is 7.26. The number of rotatable bonds is 1. The summed E-state index contributed by atoms with van der Waals surface area (Å²) in [5.41, 5.74) is 1.30. The van der Waals surface area contributed by atoms with Crippen molar-refractivity contribution < 1.29 is 0 Å². The lowest BCUT2D eigenvalue weighted by atomic mass is 10.2. The molecular formula is C7H5BrISi. The molecule has 0 nitrogen and oxygen atoms in total. The summed E-state index contributed by atoms with van der Waals surface area (Å²) in [6.07, 6.45) is 0. The highest BCUT2D eigenvalue weighted by molar-refractivity contribution is 14.1. The Balaban J connectivity index is 3.06. The van der Waals surface area contributed by atoms with Crippen LogP contribution >= 0.6 is 38.5 Å². The van der Waals surface area contributed by atoms with Crippen molar-refractivity contribution in [1.29, 1.82) is 0 Å². The van der Waals surface area contributed by atoms with E-state index in [4.69, 9.17) is 0 Å². The van der Waals surface area contributed by atoms with Gasteiger partial charge in [-0.1, -0.05) is 15.9 Å². The highest BCUT2D eigenvalue weighted by Gasteiger charge is 1.93. The van der Waals surface area contributed by atoms with Crippen molar-refractivity contribution in [3.05, 3.63) is 31.8 Å². The Morgan fingerprint density at radius 2 is 2.10 bits per heavy atom. The second-order valence-corrected chi connectivity index (χ2v) is 4.47. The van der Waals surface area contributed by atoms with Gasteiger partial charge in [0, 0.05) is 18.3 Å². The fourth-order valence-corrected chi connectivity index (χ4v) is 2.62. The minimum Gasteiger partial charge on any atom is -0.0508 e. The van der Waals surface area contributed by atoms with E-state index in [0.29, 0.717) is 0 Å². The molecule has 0 unspecified atom stereocenters. The Morgan fingerprint density at radius 1 is 1.40 bits per heavy atom. The van der Waals surface area contributed by atoms with Crippen LogP contribution < -0.4 is 0 Å². The molecule has 0 aliphatic heterocycles. The average molecular weight is 324 g/mol. The SMILES string of the molecule is [Si]Cc1cc(Br)cc(I)c1. The van der Waals surface area contributed by atoms with Gasteiger partial charge in [0.1, 0.15) is 0 Å². The molecule has 0 heterocycles. The molecule has 10 heavy (non-hydrogen) atoms. The molecule has 0 aromatic heterocycles. The predicted octanol–water partition coefficient (Wildman–Crippen LogP) is 2.72. The van der Waals surface area contributed by atoms with Gasteiger partial charge in [0.25, 0.3) is 0 Å². The van der Waals surface area contributed by atoms with E-state index in [2.05, 4.69) is 67.0 Å². The van der Waals surface area contributed by atoms with Crippen LogP contribution in [0.1, 0.15) is 5.56 Å². The van der Waals surface area contributed by atoms with Gasteiger partial charge in [-0.05, 0) is 52.4 Å². The first-order chi connectivity index (χ1) is 4.72. The zero-order valence-corrected chi connectivity index (χ0v) is 9.94. The first kappa shape index (κ1) is 8.74. The maximum atomic E-state index is 3.45. The number of hydrogen-bond donors (Lipinski definition) is 0. The van der Waals surface area contributed by atoms with Gasteiger partial charge in [-0.2, -0.15) is 0 Å². The Hall–Kier alpha value is 0.647. The molecule has 0 atom stereocenters. The zero-order valence-electron chi connectivity index (χ0n) is 5.20. The molecule has 0 saturated heterocycles. The van der Waals surface area contributed by atoms with E-state index in [1.807, 2.05) is 0 Å². The Morgan fingerprint density at radius 3 is 2.60 bits per heavy atom. The monoisotopic (exact) mass is 323 g/mol. The van der Waals surface area contributed by atoms with Gasteiger partial charge in [0.15, 0.2) is 0 Å². The molecule has 1 rings (SSSR count). The highest BCUT2D eigenvalue weighted by Crippen LogP contribution is 2.16. The van der Waals surface area contributed by atoms with Gasteiger partial charge in [-0.3, -0.25) is 0 Å². The second-order valence-electron chi connectivity index (χ2n) is 1.95. The minimum absolute atomic E-state index is 0.912. The van der Waals surface area contributed by atoms with Crippen LogP contribution in [0.15, 0.2) is 22.7 Å². The third kappa shape index (κ3) is 2.36. The van der Waals surface area contributed by atoms with E-state index in [0.717, 1.165) is 10.5 Å². The normalized spacial score (nSPS) is 9.90. The Bertz CT molecular complexity index is 217. The topological polar surface area (TPSA) is 0 Å². The van der Waals surface area contributed by atoms with Gasteiger partial charge in [0.05, 0.1) is 0 Å². The first-order valence-electron chi connectivity index (χ1n) is 2.82. The number of halogens is 2. The van der Waals surface area contributed by atoms with Crippen molar-refractivity contribution >= 4 is 48.8 Å². The van der Waals surface area contributed by atoms with Crippen LogP contribution in [0.3, 0.4) is 0 Å². The number of hydrogen-bond acceptors (Lipinski definition) is 0. The number of benzene rings is 1. The molecule has 0 aliphatic carbocycles. The van der Waals surface area contributed by atoms with Crippen molar-refractivity contribution in [3.8, 4) is 0 Å². The van der Waals surface area contributed by atoms with Crippen LogP contribution in [0.2, 0.25) is 0 Å². The molecule has 3 heteroatoms. The van der Waals surface area contributed by atoms with Crippen LogP contribution in [0, 0.1) is 3.57 Å². The summed E-state index contributed by atoms with van der Waals surface area (Å²) in [5, 5.41) is 0. The third-order valence-electron chi connectivity index (χ3n) is 1.13. The fourth-order valence-electron chi connectivity index (χ4n) is 0.713. The summed E-state index contributed by atoms with van der Waals surface area (Å²) >= 11 is 5.73. The van der Waals surface area contributed by atoms with Gasteiger partial charge >= 0.3 is 0 Å². The van der Waals surface area contributed by atoms with Crippen LogP contribution in [0.4, 0.5) is 0 Å². The maximum Gasteiger partial charge on any atom is 0.0283 e. The van der Waals surface area contributed by atoms with Crippen molar-refractivity contribution in [2.24, 2.45) is 0 Å². The van der Waals surface area contributed by atoms with Crippen molar-refractivity contribution in [1.82, 2.24) is 0 Å². The smallest absolute Gasteiger partial charge is 0.0283 e. The molecule has 0 saturated carbocycles. The lowest BCUT2D eigenvalue weighted by Gasteiger charge is -1.97. The Kier molecular flexibility index (Phi) is 3.39. The summed E-state index contributed by atoms with van der Waals surface area (Å²) in [4.78, 5) is 0. The quantitative estimate of drug-likeness (QED) is 0.550. The van der Waals surface area contributed by atoms with E-state index >= 15 is 0 Å². The summed E-state index contributed by atoms with van der Waals surface area (Å²) in [5.74, 6) is 0. The minimum atomic E-state index is 0.912. The van der Waals surface area contributed by atoms with Crippen molar-refractivity contribution in [3.63, 3.8) is 0 Å². The molecule has 1 aromatic carbocycles. The standard InChI is InChI=1S/C7H5BrISi/c8-6-1-5(4-10)2-7(9)3-6/h1-3H,4H2. The molecular weight excluding hydrogens is 319 g/mol. The van der Waals surface area contributed by atoms with Crippen LogP contribution in [-0.4, -0.2) is 10.2 Å². The molecule has 0 fully saturated rings. The fraction of sp³-hybridized carbons (Fsp3) is 0.143. The van der Waals surface area contributed by atoms with Crippen LogP contribution in [0.25, 0.3) is 0 Å². The molecule has 0 bridgehead atoms. The first-order valence-corrected chi connectivity index (χ1v) is 5.40. The van der Waals surface area contributed by atoms with Gasteiger partial charge in [-0.25, -0.2) is 0 Å². The zero-order chi connectivity index (χ0) is 7.56. The van der Waals surface area contributed by atoms with Crippen molar-refractivity contribution in [2.45, 2.75) is 6.04 Å². The average Bonchev–Trinajstić information content (AvgIpc) is 1.85. The summed E-state index contributed by atoms with van der Waals surface area (Å²) in [6.45, 7) is 0. The Labute approximate surface area is 86.1 Å². The molecule has 0 amide bonds. The van der Waals surface area contributed by atoms with Gasteiger partial charge in [-0.15, -0.1) is 0 Å². The van der Waals surface area contributed by atoms with Crippen LogP contribution in [0.5, 0.6) is 0 Å². The molecule has 3 radical (unpaired) electrons. The van der Waals surface area contributed by atoms with E-state index in [9.17, 15) is 0 Å². The molecule has 51 valence electrons. The molecule has 0 aliphatic rings. The maximum absolute atomic E-state index is 3.45. The molecule has 1 aromatic rings. The largest absolute Gasteiger partial charge is 0.0508 e. The van der Waals surface area contributed by atoms with Gasteiger partial charge < -0.3 is 0 Å². The third-order valence-corrected chi connectivity index (χ3v) is 2.62. The van der Waals surface area contributed by atoms with Crippen LogP contribution in [-0.2, 0) is 6.04 Å². The highest BCUT2D eigenvalue weighted by atomic mass is 127. The lowest BCUT2D eigenvalue weighted by molar-refractivity contribution is 1.37. The summed E-state index contributed by atoms with van der Waals surface area (Å²) in [7, 11) is 3.45. The van der Waals surface area contributed by atoms with E-state index in [-0.39, 0.29) is 0 Å². The lowest BCUT2D eigenvalue weighted by Crippen LogP contribution is -1.84. The predicted molar refractivity (Wildman–Crippen MR) is 56.3 cm³/mol. The second kappa shape index (κ2) is 3.87. The van der Waals surface area contributed by atoms with Crippen molar-refractivity contribution in [2.75, 3.05) is 0 Å². The summed E-state index contributed by atoms with van der Waals surface area (Å²) < 4.78 is 2.41. The van der Waals surface area contributed by atoms with E-state index < -0.39 is 0 Å².